The highest BCUT2D eigenvalue weighted by atomic mass is 32.2. The van der Waals surface area contributed by atoms with Gasteiger partial charge in [-0.15, -0.1) is 0 Å². The third-order valence-electron chi connectivity index (χ3n) is 8.39. The second-order valence-electron chi connectivity index (χ2n) is 11.5. The molecule has 0 bridgehead atoms. The van der Waals surface area contributed by atoms with E-state index in [2.05, 4.69) is 20.5 Å². The van der Waals surface area contributed by atoms with Crippen LogP contribution in [-0.2, 0) is 21.1 Å². The van der Waals surface area contributed by atoms with Gasteiger partial charge in [0.15, 0.2) is 15.7 Å². The first-order valence-electron chi connectivity index (χ1n) is 15.0. The number of nitrogens with zero attached hydrogens (tertiary/aromatic N) is 5. The number of sulfone groups is 1. The van der Waals surface area contributed by atoms with Crippen molar-refractivity contribution in [2.45, 2.75) is 49.6 Å². The fraction of sp³-hybridized carbons (Fsp3) is 0.452. The summed E-state index contributed by atoms with van der Waals surface area (Å²) in [6.07, 6.45) is 2.53. The lowest BCUT2D eigenvalue weighted by atomic mass is 9.86. The Kier molecular flexibility index (Phi) is 9.06. The highest BCUT2D eigenvalue weighted by molar-refractivity contribution is 7.90. The highest BCUT2D eigenvalue weighted by Crippen LogP contribution is 2.30. The zero-order chi connectivity index (χ0) is 30.7. The lowest BCUT2D eigenvalue weighted by Crippen LogP contribution is -2.37. The summed E-state index contributed by atoms with van der Waals surface area (Å²) in [5.41, 5.74) is 2.10. The number of morpholine rings is 1. The Morgan fingerprint density at radius 3 is 2.36 bits per heavy atom. The van der Waals surface area contributed by atoms with E-state index < -0.39 is 16.3 Å². The lowest BCUT2D eigenvalue weighted by Gasteiger charge is -2.30. The molecule has 2 aromatic carbocycles. The Balaban J connectivity index is 1.13. The molecule has 10 nitrogen and oxygen atoms in total. The standard InChI is InChI=1S/C31H37F2N7O3S/c1-44(41,42)24-12-8-22(9-13-24)19-34-23-10-6-21(7-11-23)20-35-31-37-27(39-14-16-43-17-15-39)18-28(38-31)40-26-5-3-2-4-25(26)36-30(40)29(32)33/h2-5,8-9,12-13,18,21,23,29,34H,6-7,10-11,14-17,19-20H2,1H3,(H,35,37,38)/t21-,23-. The fourth-order valence-electron chi connectivity index (χ4n) is 5.92. The van der Waals surface area contributed by atoms with E-state index in [0.717, 1.165) is 31.2 Å². The van der Waals surface area contributed by atoms with Crippen molar-refractivity contribution in [3.8, 4) is 5.82 Å². The number of aromatic nitrogens is 4. The number of fused-ring (bicyclic) bond motifs is 1. The van der Waals surface area contributed by atoms with Crippen molar-refractivity contribution >= 4 is 32.6 Å². The molecule has 13 heteroatoms. The van der Waals surface area contributed by atoms with Crippen LogP contribution < -0.4 is 15.5 Å². The maximum absolute atomic E-state index is 14.1. The summed E-state index contributed by atoms with van der Waals surface area (Å²) in [6, 6.07) is 16.2. The van der Waals surface area contributed by atoms with Crippen LogP contribution >= 0.6 is 0 Å². The van der Waals surface area contributed by atoms with Gasteiger partial charge in [-0.2, -0.15) is 9.97 Å². The molecule has 0 radical (unpaired) electrons. The summed E-state index contributed by atoms with van der Waals surface area (Å²) in [7, 11) is -3.20. The first-order chi connectivity index (χ1) is 21.2. The highest BCUT2D eigenvalue weighted by Gasteiger charge is 2.25. The van der Waals surface area contributed by atoms with E-state index in [0.29, 0.717) is 84.9 Å². The van der Waals surface area contributed by atoms with Gasteiger partial charge >= 0.3 is 0 Å². The van der Waals surface area contributed by atoms with Crippen LogP contribution in [0.1, 0.15) is 43.5 Å². The fourth-order valence-corrected chi connectivity index (χ4v) is 6.56. The van der Waals surface area contributed by atoms with Gasteiger partial charge in [0.05, 0.1) is 29.1 Å². The lowest BCUT2D eigenvalue weighted by molar-refractivity contribution is 0.122. The number of ether oxygens (including phenoxy) is 1. The van der Waals surface area contributed by atoms with E-state index >= 15 is 0 Å². The van der Waals surface area contributed by atoms with Crippen molar-refractivity contribution in [2.75, 3.05) is 49.3 Å². The van der Waals surface area contributed by atoms with Gasteiger partial charge in [0.25, 0.3) is 6.43 Å². The van der Waals surface area contributed by atoms with E-state index in [1.807, 2.05) is 12.1 Å². The molecule has 0 spiro atoms. The van der Waals surface area contributed by atoms with Gasteiger partial charge in [0.2, 0.25) is 5.95 Å². The number of halogens is 2. The van der Waals surface area contributed by atoms with Crippen LogP contribution in [0.3, 0.4) is 0 Å². The van der Waals surface area contributed by atoms with E-state index in [1.54, 1.807) is 42.5 Å². The third kappa shape index (κ3) is 7.00. The Bertz CT molecular complexity index is 1680. The first-order valence-corrected chi connectivity index (χ1v) is 16.9. The van der Waals surface area contributed by atoms with Crippen molar-refractivity contribution < 1.29 is 21.9 Å². The normalized spacial score (nSPS) is 19.5. The average Bonchev–Trinajstić information content (AvgIpc) is 3.44. The van der Waals surface area contributed by atoms with Crippen molar-refractivity contribution in [1.29, 1.82) is 0 Å². The molecule has 2 aliphatic rings. The van der Waals surface area contributed by atoms with Gasteiger partial charge < -0.3 is 20.3 Å². The SMILES string of the molecule is CS(=O)(=O)c1ccc(CN[C@H]2CC[C@H](CNc3nc(N4CCOCC4)cc(-n4c(C(F)F)nc5ccccc54)n3)CC2)cc1. The molecule has 6 rings (SSSR count). The molecular weight excluding hydrogens is 588 g/mol. The van der Waals surface area contributed by atoms with Gasteiger partial charge in [-0.25, -0.2) is 22.2 Å². The summed E-state index contributed by atoms with van der Waals surface area (Å²) in [6.45, 7) is 3.82. The molecule has 0 atom stereocenters. The number of alkyl halides is 2. The second kappa shape index (κ2) is 13.1. The van der Waals surface area contributed by atoms with Gasteiger partial charge in [-0.05, 0) is 61.4 Å². The molecule has 1 aliphatic carbocycles. The predicted molar refractivity (Wildman–Crippen MR) is 165 cm³/mol. The number of benzene rings is 2. The summed E-state index contributed by atoms with van der Waals surface area (Å²) in [5.74, 6) is 1.49. The minimum atomic E-state index is -3.20. The third-order valence-corrected chi connectivity index (χ3v) is 9.52. The number of imidazole rings is 1. The number of rotatable bonds is 10. The minimum absolute atomic E-state index is 0.327. The summed E-state index contributed by atoms with van der Waals surface area (Å²) in [5, 5.41) is 7.02. The van der Waals surface area contributed by atoms with Crippen LogP contribution in [0.25, 0.3) is 16.9 Å². The van der Waals surface area contributed by atoms with Crippen LogP contribution in [0.4, 0.5) is 20.5 Å². The Hall–Kier alpha value is -3.68. The molecule has 234 valence electrons. The Morgan fingerprint density at radius 2 is 1.66 bits per heavy atom. The van der Waals surface area contributed by atoms with Crippen LogP contribution in [0.5, 0.6) is 0 Å². The molecule has 44 heavy (non-hydrogen) atoms. The molecule has 0 unspecified atom stereocenters. The molecule has 0 amide bonds. The Labute approximate surface area is 255 Å². The molecule has 2 fully saturated rings. The van der Waals surface area contributed by atoms with Crippen LogP contribution in [0, 0.1) is 5.92 Å². The summed E-state index contributed by atoms with van der Waals surface area (Å²) in [4.78, 5) is 16.1. The monoisotopic (exact) mass is 625 g/mol. The topological polar surface area (TPSA) is 114 Å². The van der Waals surface area contributed by atoms with Crippen molar-refractivity contribution in [2.24, 2.45) is 5.92 Å². The van der Waals surface area contributed by atoms with Crippen molar-refractivity contribution in [3.63, 3.8) is 0 Å². The van der Waals surface area contributed by atoms with E-state index in [4.69, 9.17) is 14.7 Å². The maximum atomic E-state index is 14.1. The average molecular weight is 626 g/mol. The van der Waals surface area contributed by atoms with Crippen molar-refractivity contribution in [3.05, 3.63) is 66.0 Å². The quantitative estimate of drug-likeness (QED) is 0.258. The maximum Gasteiger partial charge on any atom is 0.296 e. The van der Waals surface area contributed by atoms with Gasteiger partial charge in [-0.1, -0.05) is 24.3 Å². The van der Waals surface area contributed by atoms with Gasteiger partial charge in [-0.3, -0.25) is 4.57 Å². The number of anilines is 2. The van der Waals surface area contributed by atoms with E-state index in [1.165, 1.54) is 10.8 Å². The van der Waals surface area contributed by atoms with Crippen LogP contribution in [0.15, 0.2) is 59.5 Å². The molecular formula is C31H37F2N7O3S. The molecule has 1 saturated carbocycles. The zero-order valence-electron chi connectivity index (χ0n) is 24.6. The molecule has 3 heterocycles. The molecule has 2 aromatic heterocycles. The van der Waals surface area contributed by atoms with Gasteiger partial charge in [0, 0.05) is 44.5 Å². The first kappa shape index (κ1) is 30.4. The van der Waals surface area contributed by atoms with E-state index in [9.17, 15) is 17.2 Å². The Morgan fingerprint density at radius 1 is 0.955 bits per heavy atom. The van der Waals surface area contributed by atoms with Crippen LogP contribution in [0.2, 0.25) is 0 Å². The zero-order valence-corrected chi connectivity index (χ0v) is 25.4. The number of para-hydroxylation sites is 2. The summed E-state index contributed by atoms with van der Waals surface area (Å²) >= 11 is 0. The molecule has 1 saturated heterocycles. The predicted octanol–water partition coefficient (Wildman–Crippen LogP) is 4.75. The minimum Gasteiger partial charge on any atom is -0.378 e. The molecule has 1 aliphatic heterocycles. The number of hydrogen-bond donors (Lipinski definition) is 2. The second-order valence-corrected chi connectivity index (χ2v) is 13.5. The molecule has 4 aromatic rings. The smallest absolute Gasteiger partial charge is 0.296 e. The largest absolute Gasteiger partial charge is 0.378 e. The van der Waals surface area contributed by atoms with Crippen molar-refractivity contribution in [1.82, 2.24) is 24.8 Å². The molecule has 2 N–H and O–H groups in total. The van der Waals surface area contributed by atoms with E-state index in [-0.39, 0.29) is 5.82 Å². The summed E-state index contributed by atoms with van der Waals surface area (Å²) < 4.78 is 58.6. The van der Waals surface area contributed by atoms with Crippen LogP contribution in [-0.4, -0.2) is 73.1 Å². The van der Waals surface area contributed by atoms with Gasteiger partial charge in [0.1, 0.15) is 11.6 Å². The number of hydrogen-bond acceptors (Lipinski definition) is 9. The number of nitrogens with one attached hydrogen (secondary N) is 2.